The molecule has 0 unspecified atom stereocenters. The van der Waals surface area contributed by atoms with Crippen LogP contribution in [0.4, 0.5) is 5.69 Å². The van der Waals surface area contributed by atoms with E-state index in [0.717, 1.165) is 17.3 Å². The van der Waals surface area contributed by atoms with Crippen LogP contribution in [0.15, 0.2) is 17.2 Å². The van der Waals surface area contributed by atoms with Gasteiger partial charge in [0.1, 0.15) is 5.03 Å². The van der Waals surface area contributed by atoms with Gasteiger partial charge in [0.05, 0.1) is 5.69 Å². The van der Waals surface area contributed by atoms with Crippen LogP contribution in [0, 0.1) is 6.92 Å². The maximum atomic E-state index is 4.51. The van der Waals surface area contributed by atoms with Crippen LogP contribution in [0.5, 0.6) is 0 Å². The van der Waals surface area contributed by atoms with Crippen molar-refractivity contribution in [1.29, 1.82) is 0 Å². The van der Waals surface area contributed by atoms with Crippen molar-refractivity contribution < 1.29 is 0 Å². The normalized spacial score (nSPS) is 19.0. The average molecular weight is 194 g/mol. The van der Waals surface area contributed by atoms with E-state index in [-0.39, 0.29) is 4.75 Å². The van der Waals surface area contributed by atoms with E-state index in [9.17, 15) is 0 Å². The highest BCUT2D eigenvalue weighted by Crippen LogP contribution is 2.39. The van der Waals surface area contributed by atoms with Crippen LogP contribution in [-0.2, 0) is 0 Å². The van der Waals surface area contributed by atoms with Crippen molar-refractivity contribution in [3.05, 3.63) is 17.8 Å². The van der Waals surface area contributed by atoms with Gasteiger partial charge in [0, 0.05) is 17.0 Å². The van der Waals surface area contributed by atoms with Crippen molar-refractivity contribution in [2.75, 3.05) is 11.9 Å². The van der Waals surface area contributed by atoms with Crippen LogP contribution in [-0.4, -0.2) is 16.3 Å². The van der Waals surface area contributed by atoms with E-state index in [2.05, 4.69) is 30.2 Å². The zero-order valence-corrected chi connectivity index (χ0v) is 9.03. The number of fused-ring (bicyclic) bond motifs is 1. The summed E-state index contributed by atoms with van der Waals surface area (Å²) in [6.07, 6.45) is 0. The molecule has 0 spiro atoms. The Labute approximate surface area is 83.1 Å². The zero-order valence-electron chi connectivity index (χ0n) is 8.22. The van der Waals surface area contributed by atoms with Crippen LogP contribution < -0.4 is 5.32 Å². The van der Waals surface area contributed by atoms with Gasteiger partial charge < -0.3 is 5.32 Å². The number of hydrogen-bond donors (Lipinski definition) is 1. The molecule has 0 amide bonds. The molecule has 0 fully saturated rings. The molecule has 0 aliphatic carbocycles. The predicted molar refractivity (Wildman–Crippen MR) is 57.4 cm³/mol. The quantitative estimate of drug-likeness (QED) is 0.687. The van der Waals surface area contributed by atoms with E-state index in [4.69, 9.17) is 0 Å². The Hall–Kier alpha value is -0.700. The molecule has 0 atom stereocenters. The molecule has 2 nitrogen and oxygen atoms in total. The molecule has 2 rings (SSSR count). The number of anilines is 1. The Morgan fingerprint density at radius 1 is 1.46 bits per heavy atom. The largest absolute Gasteiger partial charge is 0.381 e. The van der Waals surface area contributed by atoms with Gasteiger partial charge in [-0.3, -0.25) is 0 Å². The molecule has 1 aromatic heterocycles. The molecule has 2 heterocycles. The summed E-state index contributed by atoms with van der Waals surface area (Å²) in [5, 5.41) is 4.53. The average Bonchev–Trinajstić information content (AvgIpc) is 2.01. The Morgan fingerprint density at radius 3 is 3.00 bits per heavy atom. The fourth-order valence-corrected chi connectivity index (χ4v) is 2.46. The lowest BCUT2D eigenvalue weighted by Gasteiger charge is -2.30. The number of aromatic nitrogens is 1. The minimum atomic E-state index is 0.258. The fourth-order valence-electron chi connectivity index (χ4n) is 1.35. The van der Waals surface area contributed by atoms with Crippen molar-refractivity contribution in [3.8, 4) is 0 Å². The molecule has 0 saturated heterocycles. The number of rotatable bonds is 0. The summed E-state index contributed by atoms with van der Waals surface area (Å²) >= 11 is 1.85. The molecular formula is C10H14N2S. The molecule has 13 heavy (non-hydrogen) atoms. The molecule has 1 aliphatic heterocycles. The summed E-state index contributed by atoms with van der Waals surface area (Å²) in [5.41, 5.74) is 2.26. The van der Waals surface area contributed by atoms with E-state index < -0.39 is 0 Å². The molecule has 1 aliphatic rings. The highest BCUT2D eigenvalue weighted by molar-refractivity contribution is 8.00. The summed E-state index contributed by atoms with van der Waals surface area (Å²) in [6.45, 7) is 7.51. The first kappa shape index (κ1) is 8.88. The zero-order chi connectivity index (χ0) is 9.47. The van der Waals surface area contributed by atoms with Crippen molar-refractivity contribution in [2.24, 2.45) is 0 Å². The van der Waals surface area contributed by atoms with Crippen molar-refractivity contribution in [2.45, 2.75) is 30.5 Å². The van der Waals surface area contributed by atoms with Crippen molar-refractivity contribution in [3.63, 3.8) is 0 Å². The van der Waals surface area contributed by atoms with Gasteiger partial charge >= 0.3 is 0 Å². The van der Waals surface area contributed by atoms with Crippen LogP contribution >= 0.6 is 11.8 Å². The SMILES string of the molecule is Cc1ccc2c(n1)SC(C)(C)CN2. The third-order valence-electron chi connectivity index (χ3n) is 2.08. The first-order chi connectivity index (χ1) is 6.07. The molecule has 3 heteroatoms. The van der Waals surface area contributed by atoms with E-state index in [0.29, 0.717) is 0 Å². The van der Waals surface area contributed by atoms with Gasteiger partial charge in [0.15, 0.2) is 0 Å². The highest BCUT2D eigenvalue weighted by Gasteiger charge is 2.26. The number of hydrogen-bond acceptors (Lipinski definition) is 3. The molecule has 70 valence electrons. The van der Waals surface area contributed by atoms with Gasteiger partial charge in [0.2, 0.25) is 0 Å². The first-order valence-corrected chi connectivity index (χ1v) is 5.29. The number of aryl methyl sites for hydroxylation is 1. The highest BCUT2D eigenvalue weighted by atomic mass is 32.2. The molecule has 1 aromatic rings. The van der Waals surface area contributed by atoms with E-state index >= 15 is 0 Å². The summed E-state index contributed by atoms with van der Waals surface area (Å²) in [4.78, 5) is 4.51. The lowest BCUT2D eigenvalue weighted by atomic mass is 10.2. The molecule has 0 aromatic carbocycles. The van der Waals surface area contributed by atoms with Crippen LogP contribution in [0.3, 0.4) is 0 Å². The lowest BCUT2D eigenvalue weighted by Crippen LogP contribution is -2.30. The van der Waals surface area contributed by atoms with Gasteiger partial charge in [-0.15, -0.1) is 0 Å². The fraction of sp³-hybridized carbons (Fsp3) is 0.500. The standard InChI is InChI=1S/C10H14N2S/c1-7-4-5-8-9(12-7)13-10(2,3)6-11-8/h4-5,11H,6H2,1-3H3. The molecular weight excluding hydrogens is 180 g/mol. The Bertz CT molecular complexity index is 334. The smallest absolute Gasteiger partial charge is 0.120 e. The van der Waals surface area contributed by atoms with Gasteiger partial charge in [-0.05, 0) is 32.9 Å². The molecule has 1 N–H and O–H groups in total. The van der Waals surface area contributed by atoms with E-state index in [1.54, 1.807) is 0 Å². The minimum absolute atomic E-state index is 0.258. The lowest BCUT2D eigenvalue weighted by molar-refractivity contribution is 0.732. The van der Waals surface area contributed by atoms with E-state index in [1.165, 1.54) is 5.69 Å². The Balaban J connectivity index is 2.38. The third-order valence-corrected chi connectivity index (χ3v) is 3.28. The van der Waals surface area contributed by atoms with Crippen molar-refractivity contribution >= 4 is 17.4 Å². The molecule has 0 radical (unpaired) electrons. The second-order valence-electron chi connectivity index (χ2n) is 4.02. The third kappa shape index (κ3) is 1.80. The minimum Gasteiger partial charge on any atom is -0.381 e. The van der Waals surface area contributed by atoms with Gasteiger partial charge in [0.25, 0.3) is 0 Å². The Morgan fingerprint density at radius 2 is 2.23 bits per heavy atom. The topological polar surface area (TPSA) is 24.9 Å². The first-order valence-electron chi connectivity index (χ1n) is 4.47. The summed E-state index contributed by atoms with van der Waals surface area (Å²) in [5.74, 6) is 0. The summed E-state index contributed by atoms with van der Waals surface area (Å²) in [7, 11) is 0. The molecule has 0 saturated carbocycles. The summed E-state index contributed by atoms with van der Waals surface area (Å²) in [6, 6.07) is 4.16. The monoisotopic (exact) mass is 194 g/mol. The number of nitrogens with zero attached hydrogens (tertiary/aromatic N) is 1. The second kappa shape index (κ2) is 2.91. The number of thioether (sulfide) groups is 1. The van der Waals surface area contributed by atoms with Gasteiger partial charge in [-0.1, -0.05) is 11.8 Å². The molecule has 0 bridgehead atoms. The predicted octanol–water partition coefficient (Wildman–Crippen LogP) is 2.69. The second-order valence-corrected chi connectivity index (χ2v) is 5.72. The number of nitrogens with one attached hydrogen (secondary N) is 1. The van der Waals surface area contributed by atoms with E-state index in [1.807, 2.05) is 24.8 Å². The van der Waals surface area contributed by atoms with Crippen LogP contribution in [0.25, 0.3) is 0 Å². The van der Waals surface area contributed by atoms with Gasteiger partial charge in [-0.25, -0.2) is 4.98 Å². The van der Waals surface area contributed by atoms with Crippen molar-refractivity contribution in [1.82, 2.24) is 4.98 Å². The van der Waals surface area contributed by atoms with Crippen LogP contribution in [0.1, 0.15) is 19.5 Å². The summed E-state index contributed by atoms with van der Waals surface area (Å²) < 4.78 is 0.258. The Kier molecular flexibility index (Phi) is 1.99. The van der Waals surface area contributed by atoms with Gasteiger partial charge in [-0.2, -0.15) is 0 Å². The van der Waals surface area contributed by atoms with Crippen LogP contribution in [0.2, 0.25) is 0 Å². The number of pyridine rings is 1. The maximum Gasteiger partial charge on any atom is 0.120 e. The maximum absolute atomic E-state index is 4.51.